The molecule has 2 rings (SSSR count). The Morgan fingerprint density at radius 3 is 2.64 bits per heavy atom. The van der Waals surface area contributed by atoms with E-state index in [9.17, 15) is 17.6 Å². The Balaban J connectivity index is 2.44. The van der Waals surface area contributed by atoms with Gasteiger partial charge in [-0.3, -0.25) is 0 Å². The van der Waals surface area contributed by atoms with Crippen molar-refractivity contribution in [3.8, 4) is 0 Å². The molecule has 1 aromatic heterocycles. The fraction of sp³-hybridized carbons (Fsp3) is 0.714. The second-order valence-corrected chi connectivity index (χ2v) is 3.29. The Morgan fingerprint density at radius 1 is 1.21 bits per heavy atom. The molecule has 3 nitrogen and oxygen atoms in total. The van der Waals surface area contributed by atoms with Crippen LogP contribution in [0.15, 0.2) is 6.33 Å². The van der Waals surface area contributed by atoms with Gasteiger partial charge >= 0.3 is 6.05 Å². The summed E-state index contributed by atoms with van der Waals surface area (Å²) in [5.41, 5.74) is 0. The molecule has 78 valence electrons. The Labute approximate surface area is 76.7 Å². The van der Waals surface area contributed by atoms with Crippen molar-refractivity contribution < 1.29 is 17.6 Å². The van der Waals surface area contributed by atoms with Gasteiger partial charge in [-0.05, 0) is 0 Å². The van der Waals surface area contributed by atoms with Crippen molar-refractivity contribution in [1.82, 2.24) is 14.8 Å². The molecule has 0 saturated carbocycles. The van der Waals surface area contributed by atoms with E-state index in [2.05, 4.69) is 10.1 Å². The van der Waals surface area contributed by atoms with Gasteiger partial charge in [0.05, 0.1) is 6.42 Å². The lowest BCUT2D eigenvalue weighted by molar-refractivity contribution is -0.111. The molecule has 14 heavy (non-hydrogen) atoms. The van der Waals surface area contributed by atoms with E-state index in [0.717, 1.165) is 6.33 Å². The number of hydrogen-bond donors (Lipinski definition) is 0. The van der Waals surface area contributed by atoms with Crippen molar-refractivity contribution in [3.05, 3.63) is 12.2 Å². The molecule has 1 aliphatic rings. The summed E-state index contributed by atoms with van der Waals surface area (Å²) in [5.74, 6) is -3.48. The van der Waals surface area contributed by atoms with Crippen LogP contribution in [0.5, 0.6) is 0 Å². The summed E-state index contributed by atoms with van der Waals surface area (Å²) in [6.45, 7) is 0. The molecule has 0 aliphatic carbocycles. The van der Waals surface area contributed by atoms with Crippen molar-refractivity contribution in [2.75, 3.05) is 0 Å². The number of rotatable bonds is 0. The summed E-state index contributed by atoms with van der Waals surface area (Å²) in [5, 5.41) is 3.26. The largest absolute Gasteiger partial charge is 0.345 e. The number of nitrogens with zero attached hydrogens (tertiary/aromatic N) is 3. The average molecular weight is 209 g/mol. The van der Waals surface area contributed by atoms with Gasteiger partial charge in [-0.25, -0.2) is 13.8 Å². The Morgan fingerprint density at radius 2 is 1.93 bits per heavy atom. The highest BCUT2D eigenvalue weighted by Crippen LogP contribution is 2.37. The Kier molecular flexibility index (Phi) is 1.80. The monoisotopic (exact) mass is 209 g/mol. The van der Waals surface area contributed by atoms with Crippen LogP contribution in [0.25, 0.3) is 0 Å². The number of hydrogen-bond acceptors (Lipinski definition) is 2. The minimum atomic E-state index is -3.36. The summed E-state index contributed by atoms with van der Waals surface area (Å²) in [7, 11) is 0. The summed E-state index contributed by atoms with van der Waals surface area (Å²) >= 11 is 0. The van der Waals surface area contributed by atoms with Gasteiger partial charge in [0.2, 0.25) is 0 Å². The lowest BCUT2D eigenvalue weighted by Gasteiger charge is -2.14. The van der Waals surface area contributed by atoms with Crippen LogP contribution in [-0.4, -0.2) is 20.7 Å². The molecule has 0 atom stereocenters. The van der Waals surface area contributed by atoms with Crippen molar-refractivity contribution in [2.45, 2.75) is 31.2 Å². The minimum Gasteiger partial charge on any atom is -0.220 e. The Hall–Kier alpha value is -1.14. The predicted octanol–water partition coefficient (Wildman–Crippen LogP) is 1.80. The third-order valence-corrected chi connectivity index (χ3v) is 2.14. The summed E-state index contributed by atoms with van der Waals surface area (Å²) in [4.78, 5) is 3.40. The molecular formula is C7H7F4N3. The van der Waals surface area contributed by atoms with Gasteiger partial charge in [-0.2, -0.15) is 18.6 Å². The fourth-order valence-electron chi connectivity index (χ4n) is 1.42. The van der Waals surface area contributed by atoms with E-state index in [4.69, 9.17) is 0 Å². The van der Waals surface area contributed by atoms with Crippen molar-refractivity contribution in [1.29, 1.82) is 0 Å². The Bertz CT molecular complexity index is 346. The zero-order chi connectivity index (χ0) is 10.4. The van der Waals surface area contributed by atoms with Crippen molar-refractivity contribution >= 4 is 0 Å². The molecule has 1 aliphatic heterocycles. The zero-order valence-corrected chi connectivity index (χ0v) is 7.05. The van der Waals surface area contributed by atoms with E-state index in [-0.39, 0.29) is 10.5 Å². The molecule has 0 fully saturated rings. The van der Waals surface area contributed by atoms with Crippen LogP contribution in [0.2, 0.25) is 0 Å². The van der Waals surface area contributed by atoms with Gasteiger partial charge in [-0.1, -0.05) is 0 Å². The molecule has 0 N–H and O–H groups in total. The van der Waals surface area contributed by atoms with Crippen molar-refractivity contribution in [3.63, 3.8) is 0 Å². The smallest absolute Gasteiger partial charge is 0.220 e. The molecule has 0 bridgehead atoms. The molecule has 2 heterocycles. The number of halogens is 4. The van der Waals surface area contributed by atoms with Gasteiger partial charge in [0.15, 0.2) is 0 Å². The SMILES string of the molecule is FC1(F)CCC(F)(F)n2ncnc2C1. The average Bonchev–Trinajstić information content (AvgIpc) is 2.46. The first-order chi connectivity index (χ1) is 6.41. The van der Waals surface area contributed by atoms with Gasteiger partial charge < -0.3 is 0 Å². The highest BCUT2D eigenvalue weighted by Gasteiger charge is 2.45. The topological polar surface area (TPSA) is 30.7 Å². The van der Waals surface area contributed by atoms with Crippen LogP contribution < -0.4 is 0 Å². The minimum absolute atomic E-state index is 0.286. The zero-order valence-electron chi connectivity index (χ0n) is 7.05. The summed E-state index contributed by atoms with van der Waals surface area (Å²) < 4.78 is 52.5. The van der Waals surface area contributed by atoms with Crippen LogP contribution in [0.1, 0.15) is 18.7 Å². The molecule has 0 saturated heterocycles. The normalized spacial score (nSPS) is 24.0. The van der Waals surface area contributed by atoms with E-state index in [0.29, 0.717) is 0 Å². The lowest BCUT2D eigenvalue weighted by atomic mass is 10.1. The van der Waals surface area contributed by atoms with Gasteiger partial charge in [0.25, 0.3) is 5.92 Å². The number of aromatic nitrogens is 3. The first-order valence-corrected chi connectivity index (χ1v) is 4.06. The molecule has 0 radical (unpaired) electrons. The maximum absolute atomic E-state index is 13.2. The maximum atomic E-state index is 13.2. The third kappa shape index (κ3) is 1.46. The van der Waals surface area contributed by atoms with Crippen LogP contribution in [0, 0.1) is 0 Å². The third-order valence-electron chi connectivity index (χ3n) is 2.14. The van der Waals surface area contributed by atoms with Crippen LogP contribution in [0.4, 0.5) is 17.6 Å². The standard InChI is InChI=1S/C7H7F4N3/c8-6(9)1-2-7(10,11)14-5(3-6)12-4-13-14/h4H,1-3H2. The molecular weight excluding hydrogens is 202 g/mol. The second-order valence-electron chi connectivity index (χ2n) is 3.29. The van der Waals surface area contributed by atoms with Gasteiger partial charge in [-0.15, -0.1) is 0 Å². The molecule has 0 unspecified atom stereocenters. The van der Waals surface area contributed by atoms with Crippen LogP contribution >= 0.6 is 0 Å². The van der Waals surface area contributed by atoms with Crippen LogP contribution in [0.3, 0.4) is 0 Å². The van der Waals surface area contributed by atoms with E-state index >= 15 is 0 Å². The number of alkyl halides is 4. The van der Waals surface area contributed by atoms with Gasteiger partial charge in [0, 0.05) is 12.8 Å². The molecule has 0 aromatic carbocycles. The number of fused-ring (bicyclic) bond motifs is 1. The summed E-state index contributed by atoms with van der Waals surface area (Å²) in [6, 6.07) is -3.36. The molecule has 0 spiro atoms. The summed E-state index contributed by atoms with van der Waals surface area (Å²) in [6.07, 6.45) is -1.66. The first-order valence-electron chi connectivity index (χ1n) is 4.06. The fourth-order valence-corrected chi connectivity index (χ4v) is 1.42. The molecule has 7 heteroatoms. The maximum Gasteiger partial charge on any atom is 0.345 e. The van der Waals surface area contributed by atoms with Crippen LogP contribution in [-0.2, 0) is 12.5 Å². The quantitative estimate of drug-likeness (QED) is 0.610. The second kappa shape index (κ2) is 2.68. The predicted molar refractivity (Wildman–Crippen MR) is 38.1 cm³/mol. The van der Waals surface area contributed by atoms with E-state index in [1.807, 2.05) is 0 Å². The van der Waals surface area contributed by atoms with Crippen molar-refractivity contribution in [2.24, 2.45) is 0 Å². The highest BCUT2D eigenvalue weighted by molar-refractivity contribution is 4.96. The highest BCUT2D eigenvalue weighted by atomic mass is 19.3. The molecule has 1 aromatic rings. The first kappa shape index (κ1) is 9.42. The van der Waals surface area contributed by atoms with Gasteiger partial charge in [0.1, 0.15) is 12.2 Å². The molecule has 0 amide bonds. The van der Waals surface area contributed by atoms with E-state index < -0.39 is 31.2 Å². The van der Waals surface area contributed by atoms with E-state index in [1.54, 1.807) is 0 Å². The van der Waals surface area contributed by atoms with E-state index in [1.165, 1.54) is 0 Å². The lowest BCUT2D eigenvalue weighted by Crippen LogP contribution is -2.24.